The second-order valence-electron chi connectivity index (χ2n) is 8.83. The van der Waals surface area contributed by atoms with Gasteiger partial charge in [0.15, 0.2) is 0 Å². The number of carboxylic acids is 2. The van der Waals surface area contributed by atoms with Crippen molar-refractivity contribution in [1.29, 1.82) is 0 Å². The first-order valence-corrected chi connectivity index (χ1v) is 13.1. The van der Waals surface area contributed by atoms with Crippen molar-refractivity contribution in [3.05, 3.63) is 60.2 Å². The number of hydrogen-bond acceptors (Lipinski definition) is 5. The number of carbonyl (C=O) groups is 3. The molecule has 0 saturated heterocycles. The lowest BCUT2D eigenvalue weighted by Crippen LogP contribution is -2.54. The van der Waals surface area contributed by atoms with E-state index >= 15 is 0 Å². The highest BCUT2D eigenvalue weighted by Gasteiger charge is 2.40. The fraction of sp³-hybridized carbons (Fsp3) is 0.444. The van der Waals surface area contributed by atoms with E-state index in [0.29, 0.717) is 12.1 Å². The maximum Gasteiger partial charge on any atom is 0.323 e. The van der Waals surface area contributed by atoms with Gasteiger partial charge in [0, 0.05) is 4.90 Å². The minimum Gasteiger partial charge on any atom is -0.480 e. The molecule has 0 bridgehead atoms. The fourth-order valence-corrected chi connectivity index (χ4v) is 5.74. The molecule has 188 valence electrons. The van der Waals surface area contributed by atoms with E-state index in [1.165, 1.54) is 23.1 Å². The van der Waals surface area contributed by atoms with Gasteiger partial charge < -0.3 is 10.2 Å². The zero-order valence-corrected chi connectivity index (χ0v) is 20.9. The first-order chi connectivity index (χ1) is 16.9. The summed E-state index contributed by atoms with van der Waals surface area (Å²) in [5.74, 6) is -2.57. The first-order valence-electron chi connectivity index (χ1n) is 12.2. The first kappa shape index (κ1) is 26.8. The molecule has 8 heteroatoms. The number of aliphatic carboxylic acids is 2. The van der Waals surface area contributed by atoms with Crippen molar-refractivity contribution in [3.8, 4) is 0 Å². The Hall–Kier alpha value is -2.84. The molecule has 0 spiro atoms. The van der Waals surface area contributed by atoms with Crippen molar-refractivity contribution < 1.29 is 24.6 Å². The lowest BCUT2D eigenvalue weighted by molar-refractivity contribution is -0.140. The van der Waals surface area contributed by atoms with E-state index in [2.05, 4.69) is 12.2 Å². The van der Waals surface area contributed by atoms with Crippen LogP contribution >= 0.6 is 11.8 Å². The molecule has 1 heterocycles. The predicted octanol–water partition coefficient (Wildman–Crippen LogP) is 5.11. The quantitative estimate of drug-likeness (QED) is 0.329. The van der Waals surface area contributed by atoms with E-state index < -0.39 is 41.7 Å². The molecule has 1 aliphatic heterocycles. The van der Waals surface area contributed by atoms with Gasteiger partial charge in [-0.1, -0.05) is 87.9 Å². The smallest absolute Gasteiger partial charge is 0.323 e. The molecular formula is C27H34N2O5S. The Bertz CT molecular complexity index is 1000. The van der Waals surface area contributed by atoms with Crippen molar-refractivity contribution in [1.82, 2.24) is 5.32 Å². The van der Waals surface area contributed by atoms with Gasteiger partial charge in [-0.25, -0.2) is 0 Å². The number of anilines is 1. The van der Waals surface area contributed by atoms with Crippen molar-refractivity contribution in [2.45, 2.75) is 74.1 Å². The number of nitrogens with one attached hydrogen (secondary N) is 1. The highest BCUT2D eigenvalue weighted by Crippen LogP contribution is 2.45. The molecule has 35 heavy (non-hydrogen) atoms. The van der Waals surface area contributed by atoms with Crippen molar-refractivity contribution in [2.75, 3.05) is 11.4 Å². The van der Waals surface area contributed by atoms with Gasteiger partial charge in [0.05, 0.1) is 10.9 Å². The van der Waals surface area contributed by atoms with Crippen molar-refractivity contribution >= 4 is 35.3 Å². The summed E-state index contributed by atoms with van der Waals surface area (Å²) in [5, 5.41) is 22.2. The third-order valence-electron chi connectivity index (χ3n) is 6.19. The Balaban J connectivity index is 1.90. The van der Waals surface area contributed by atoms with Crippen LogP contribution in [0, 0.1) is 0 Å². The van der Waals surface area contributed by atoms with Crippen LogP contribution in [0.3, 0.4) is 0 Å². The number of carbonyl (C=O) groups excluding carboxylic acids is 1. The number of para-hydroxylation sites is 1. The average Bonchev–Trinajstić information content (AvgIpc) is 2.96. The standard InChI is InChI=1S/C27H34N2O5S/c1-2-3-4-5-6-10-15-20(27(33)34)28-24-25(19-13-8-7-9-14-19)35-22-17-12-11-16-21(22)29(26(24)32)18-23(30)31/h7-9,11-14,16-17,20,24-25,28H,2-6,10,15,18H2,1H3,(H,30,31)(H,33,34). The number of hydrogen-bond donors (Lipinski definition) is 3. The van der Waals surface area contributed by atoms with Crippen LogP contribution in [0.5, 0.6) is 0 Å². The molecule has 0 aromatic heterocycles. The van der Waals surface area contributed by atoms with Gasteiger partial charge >= 0.3 is 11.9 Å². The molecule has 2 aromatic rings. The molecule has 2 aromatic carbocycles. The maximum atomic E-state index is 13.8. The third kappa shape index (κ3) is 7.32. The summed E-state index contributed by atoms with van der Waals surface area (Å²) >= 11 is 1.45. The van der Waals surface area contributed by atoms with Crippen LogP contribution in [-0.2, 0) is 14.4 Å². The lowest BCUT2D eigenvalue weighted by atomic mass is 10.0. The summed E-state index contributed by atoms with van der Waals surface area (Å²) in [5.41, 5.74) is 1.40. The highest BCUT2D eigenvalue weighted by atomic mass is 32.2. The molecule has 3 atom stereocenters. The topological polar surface area (TPSA) is 107 Å². The summed E-state index contributed by atoms with van der Waals surface area (Å²) in [7, 11) is 0. The maximum absolute atomic E-state index is 13.8. The normalized spacial score (nSPS) is 18.5. The molecular weight excluding hydrogens is 464 g/mol. The summed E-state index contributed by atoms with van der Waals surface area (Å²) in [6, 6.07) is 14.9. The number of carboxylic acid groups (broad SMARTS) is 2. The number of benzene rings is 2. The minimum atomic E-state index is -1.13. The van der Waals surface area contributed by atoms with Gasteiger partial charge in [-0.15, -0.1) is 11.8 Å². The molecule has 3 unspecified atom stereocenters. The fourth-order valence-electron chi connectivity index (χ4n) is 4.38. The van der Waals surface area contributed by atoms with Gasteiger partial charge in [-0.2, -0.15) is 0 Å². The van der Waals surface area contributed by atoms with E-state index in [1.54, 1.807) is 12.1 Å². The highest BCUT2D eigenvalue weighted by molar-refractivity contribution is 7.99. The Morgan fingerprint density at radius 2 is 1.63 bits per heavy atom. The van der Waals surface area contributed by atoms with E-state index in [-0.39, 0.29) is 0 Å². The molecule has 1 aliphatic rings. The Kier molecular flexibility index (Phi) is 10.2. The van der Waals surface area contributed by atoms with Gasteiger partial charge in [-0.05, 0) is 24.1 Å². The summed E-state index contributed by atoms with van der Waals surface area (Å²) in [6.45, 7) is 1.66. The Morgan fingerprint density at radius 1 is 0.971 bits per heavy atom. The molecule has 0 aliphatic carbocycles. The zero-order chi connectivity index (χ0) is 25.2. The Morgan fingerprint density at radius 3 is 2.31 bits per heavy atom. The summed E-state index contributed by atoms with van der Waals surface area (Å²) < 4.78 is 0. The van der Waals surface area contributed by atoms with Crippen LogP contribution in [0.15, 0.2) is 59.5 Å². The second-order valence-corrected chi connectivity index (χ2v) is 10.0. The molecule has 0 radical (unpaired) electrons. The zero-order valence-electron chi connectivity index (χ0n) is 20.1. The summed E-state index contributed by atoms with van der Waals surface area (Å²) in [6.07, 6.45) is 6.62. The van der Waals surface area contributed by atoms with Gasteiger partial charge in [0.2, 0.25) is 5.91 Å². The van der Waals surface area contributed by atoms with Gasteiger partial charge in [0.1, 0.15) is 18.6 Å². The largest absolute Gasteiger partial charge is 0.480 e. The molecule has 1 amide bonds. The molecule has 0 fully saturated rings. The molecule has 0 saturated carbocycles. The van der Waals surface area contributed by atoms with Crippen LogP contribution < -0.4 is 10.2 Å². The van der Waals surface area contributed by atoms with Crippen molar-refractivity contribution in [3.63, 3.8) is 0 Å². The minimum absolute atomic E-state index is 0.406. The number of nitrogens with zero attached hydrogens (tertiary/aromatic N) is 1. The SMILES string of the molecule is CCCCCCCCC(NC1C(=O)N(CC(=O)O)c2ccccc2SC1c1ccccc1)C(=O)O. The Labute approximate surface area is 210 Å². The van der Waals surface area contributed by atoms with E-state index in [0.717, 1.165) is 42.6 Å². The lowest BCUT2D eigenvalue weighted by Gasteiger charge is -2.30. The molecule has 3 rings (SSSR count). The van der Waals surface area contributed by atoms with E-state index in [1.807, 2.05) is 42.5 Å². The number of unbranched alkanes of at least 4 members (excludes halogenated alkanes) is 5. The summed E-state index contributed by atoms with van der Waals surface area (Å²) in [4.78, 5) is 39.7. The average molecular weight is 499 g/mol. The molecule has 3 N–H and O–H groups in total. The number of amides is 1. The second kappa shape index (κ2) is 13.3. The van der Waals surface area contributed by atoms with Crippen LogP contribution in [-0.4, -0.2) is 46.7 Å². The predicted molar refractivity (Wildman–Crippen MR) is 138 cm³/mol. The third-order valence-corrected chi connectivity index (χ3v) is 7.59. The van der Waals surface area contributed by atoms with Crippen molar-refractivity contribution in [2.24, 2.45) is 0 Å². The molecule has 7 nitrogen and oxygen atoms in total. The van der Waals surface area contributed by atoms with Crippen LogP contribution in [0.2, 0.25) is 0 Å². The van der Waals surface area contributed by atoms with Crippen LogP contribution in [0.4, 0.5) is 5.69 Å². The number of rotatable bonds is 13. The van der Waals surface area contributed by atoms with Crippen LogP contribution in [0.1, 0.15) is 62.7 Å². The monoisotopic (exact) mass is 498 g/mol. The van der Waals surface area contributed by atoms with Crippen LogP contribution in [0.25, 0.3) is 0 Å². The van der Waals surface area contributed by atoms with E-state index in [9.17, 15) is 24.6 Å². The number of fused-ring (bicyclic) bond motifs is 1. The number of thioether (sulfide) groups is 1. The van der Waals surface area contributed by atoms with E-state index in [4.69, 9.17) is 0 Å². The van der Waals surface area contributed by atoms with Gasteiger partial charge in [0.25, 0.3) is 0 Å². The van der Waals surface area contributed by atoms with Gasteiger partial charge in [-0.3, -0.25) is 24.6 Å².